The molecule has 28 heavy (non-hydrogen) atoms. The van der Waals surface area contributed by atoms with Gasteiger partial charge in [0, 0.05) is 42.0 Å². The summed E-state index contributed by atoms with van der Waals surface area (Å²) in [6.45, 7) is -0.160. The standard InChI is InChI=1S/C19H20F4N2O3/c1-24-12-5-14(6-13(24)9-27-8-12)28-18(26)16-7-25(10-19(21,22)23)17-3-2-11(20)4-15(16)17/h2-4,7,12-14H,5-6,8-10H2,1H3/t12-,13+,14-. The second kappa shape index (κ2) is 7.04. The molecule has 0 unspecified atom stereocenters. The third-order valence-electron chi connectivity index (χ3n) is 5.53. The van der Waals surface area contributed by atoms with Crippen LogP contribution in [-0.4, -0.2) is 60.1 Å². The third-order valence-corrected chi connectivity index (χ3v) is 5.53. The maximum Gasteiger partial charge on any atom is 0.406 e. The predicted molar refractivity (Wildman–Crippen MR) is 92.5 cm³/mol. The highest BCUT2D eigenvalue weighted by Gasteiger charge is 2.39. The van der Waals surface area contributed by atoms with E-state index in [2.05, 4.69) is 4.90 Å². The van der Waals surface area contributed by atoms with Crippen LogP contribution in [0.5, 0.6) is 0 Å². The molecular weight excluding hydrogens is 380 g/mol. The summed E-state index contributed by atoms with van der Waals surface area (Å²) in [5.74, 6) is -1.36. The largest absolute Gasteiger partial charge is 0.459 e. The Morgan fingerprint density at radius 1 is 1.25 bits per heavy atom. The van der Waals surface area contributed by atoms with Crippen LogP contribution in [0.15, 0.2) is 24.4 Å². The van der Waals surface area contributed by atoms with E-state index in [1.54, 1.807) is 0 Å². The Morgan fingerprint density at radius 2 is 1.93 bits per heavy atom. The normalized spacial score (nSPS) is 25.8. The van der Waals surface area contributed by atoms with Crippen molar-refractivity contribution in [2.45, 2.75) is 43.8 Å². The van der Waals surface area contributed by atoms with E-state index in [1.807, 2.05) is 7.05 Å². The summed E-state index contributed by atoms with van der Waals surface area (Å²) < 4.78 is 64.4. The minimum atomic E-state index is -4.47. The number of carbonyl (C=O) groups is 1. The maximum absolute atomic E-state index is 13.7. The molecule has 2 aliphatic heterocycles. The molecule has 2 aliphatic rings. The summed E-state index contributed by atoms with van der Waals surface area (Å²) in [7, 11) is 2.00. The van der Waals surface area contributed by atoms with E-state index in [9.17, 15) is 22.4 Å². The molecular formula is C19H20F4N2O3. The number of aromatic nitrogens is 1. The van der Waals surface area contributed by atoms with Crippen LogP contribution >= 0.6 is 0 Å². The van der Waals surface area contributed by atoms with Gasteiger partial charge >= 0.3 is 12.1 Å². The van der Waals surface area contributed by atoms with Gasteiger partial charge in [-0.3, -0.25) is 4.90 Å². The van der Waals surface area contributed by atoms with E-state index in [1.165, 1.54) is 6.07 Å². The van der Waals surface area contributed by atoms with Crippen molar-refractivity contribution in [3.8, 4) is 0 Å². The summed E-state index contributed by atoms with van der Waals surface area (Å²) in [4.78, 5) is 14.9. The van der Waals surface area contributed by atoms with Crippen molar-refractivity contribution < 1.29 is 31.8 Å². The molecule has 0 radical (unpaired) electrons. The summed E-state index contributed by atoms with van der Waals surface area (Å²) in [6.07, 6.45) is -2.54. The molecule has 3 atom stereocenters. The number of fused-ring (bicyclic) bond motifs is 3. The summed E-state index contributed by atoms with van der Waals surface area (Å²) >= 11 is 0. The molecule has 9 heteroatoms. The van der Waals surface area contributed by atoms with Gasteiger partial charge in [-0.25, -0.2) is 9.18 Å². The van der Waals surface area contributed by atoms with Crippen molar-refractivity contribution in [3.05, 3.63) is 35.8 Å². The van der Waals surface area contributed by atoms with E-state index in [0.717, 1.165) is 22.9 Å². The minimum absolute atomic E-state index is 0.0564. The smallest absolute Gasteiger partial charge is 0.406 e. The highest BCUT2D eigenvalue weighted by atomic mass is 19.4. The first-order chi connectivity index (χ1) is 13.2. The molecule has 2 saturated heterocycles. The van der Waals surface area contributed by atoms with Crippen molar-refractivity contribution in [1.82, 2.24) is 9.47 Å². The highest BCUT2D eigenvalue weighted by molar-refractivity contribution is 6.04. The summed E-state index contributed by atoms with van der Waals surface area (Å²) in [5, 5.41) is 0.116. The Labute approximate surface area is 158 Å². The number of hydrogen-bond donors (Lipinski definition) is 0. The number of alkyl halides is 3. The van der Waals surface area contributed by atoms with Crippen LogP contribution in [0, 0.1) is 5.82 Å². The number of piperidine rings is 1. The molecule has 1 aromatic heterocycles. The first-order valence-electron chi connectivity index (χ1n) is 9.07. The predicted octanol–water partition coefficient (Wildman–Crippen LogP) is 3.36. The van der Waals surface area contributed by atoms with E-state index < -0.39 is 24.5 Å². The lowest BCUT2D eigenvalue weighted by molar-refractivity contribution is -0.139. The van der Waals surface area contributed by atoms with Crippen LogP contribution in [0.3, 0.4) is 0 Å². The van der Waals surface area contributed by atoms with Gasteiger partial charge in [0.25, 0.3) is 0 Å². The molecule has 152 valence electrons. The Morgan fingerprint density at radius 3 is 2.57 bits per heavy atom. The molecule has 4 rings (SSSR count). The van der Waals surface area contributed by atoms with Gasteiger partial charge in [0.15, 0.2) is 0 Å². The van der Waals surface area contributed by atoms with Gasteiger partial charge in [0.05, 0.1) is 18.8 Å². The fourth-order valence-electron chi connectivity index (χ4n) is 4.11. The average Bonchev–Trinajstić information content (AvgIpc) is 2.91. The first-order valence-corrected chi connectivity index (χ1v) is 9.07. The number of likely N-dealkylation sites (N-methyl/N-ethyl adjacent to an activating group) is 1. The first kappa shape index (κ1) is 19.2. The van der Waals surface area contributed by atoms with E-state index in [0.29, 0.717) is 26.1 Å². The number of esters is 1. The topological polar surface area (TPSA) is 43.7 Å². The molecule has 1 aromatic carbocycles. The van der Waals surface area contributed by atoms with Crippen LogP contribution in [0.2, 0.25) is 0 Å². The SMILES string of the molecule is CN1[C@@H]2COC[C@H]1C[C@@H](OC(=O)c1cn(CC(F)(F)F)c3ccc(F)cc13)C2. The molecule has 3 heterocycles. The Kier molecular flexibility index (Phi) is 4.83. The zero-order chi connectivity index (χ0) is 20.1. The number of nitrogens with zero attached hydrogens (tertiary/aromatic N) is 2. The second-order valence-electron chi connectivity index (χ2n) is 7.46. The minimum Gasteiger partial charge on any atom is -0.459 e. The number of ether oxygens (including phenoxy) is 2. The number of benzene rings is 1. The molecule has 2 fully saturated rings. The van der Waals surface area contributed by atoms with Crippen molar-refractivity contribution in [1.29, 1.82) is 0 Å². The number of rotatable bonds is 3. The quantitative estimate of drug-likeness (QED) is 0.586. The lowest BCUT2D eigenvalue weighted by Gasteiger charge is -2.46. The zero-order valence-corrected chi connectivity index (χ0v) is 15.2. The number of hydrogen-bond acceptors (Lipinski definition) is 4. The lowest BCUT2D eigenvalue weighted by Crippen LogP contribution is -2.56. The number of morpholine rings is 1. The van der Waals surface area contributed by atoms with Crippen molar-refractivity contribution in [2.75, 3.05) is 20.3 Å². The van der Waals surface area contributed by atoms with Gasteiger partial charge in [-0.05, 0) is 25.2 Å². The van der Waals surface area contributed by atoms with Gasteiger partial charge in [-0.1, -0.05) is 0 Å². The van der Waals surface area contributed by atoms with Crippen molar-refractivity contribution in [2.24, 2.45) is 0 Å². The molecule has 2 aromatic rings. The van der Waals surface area contributed by atoms with Crippen molar-refractivity contribution in [3.63, 3.8) is 0 Å². The monoisotopic (exact) mass is 400 g/mol. The van der Waals surface area contributed by atoms with Gasteiger partial charge < -0.3 is 14.0 Å². The Hall–Kier alpha value is -2.13. The fraction of sp³-hybridized carbons (Fsp3) is 0.526. The maximum atomic E-state index is 13.7. The van der Waals surface area contributed by atoms with Crippen LogP contribution in [0.4, 0.5) is 17.6 Å². The van der Waals surface area contributed by atoms with Crippen LogP contribution in [0.1, 0.15) is 23.2 Å². The van der Waals surface area contributed by atoms with Crippen molar-refractivity contribution >= 4 is 16.9 Å². The van der Waals surface area contributed by atoms with E-state index >= 15 is 0 Å². The molecule has 5 nitrogen and oxygen atoms in total. The molecule has 0 aliphatic carbocycles. The number of carbonyl (C=O) groups excluding carboxylic acids is 1. The molecule has 0 spiro atoms. The molecule has 2 bridgehead atoms. The fourth-order valence-corrected chi connectivity index (χ4v) is 4.11. The van der Waals surface area contributed by atoms with E-state index in [-0.39, 0.29) is 34.7 Å². The van der Waals surface area contributed by atoms with Gasteiger partial charge in [0.1, 0.15) is 18.5 Å². The van der Waals surface area contributed by atoms with Crippen LogP contribution in [0.25, 0.3) is 10.9 Å². The lowest BCUT2D eigenvalue weighted by atomic mass is 9.92. The summed E-state index contributed by atoms with van der Waals surface area (Å²) in [6, 6.07) is 3.65. The van der Waals surface area contributed by atoms with Gasteiger partial charge in [-0.15, -0.1) is 0 Å². The Bertz CT molecular complexity index is 881. The molecule has 0 saturated carbocycles. The van der Waals surface area contributed by atoms with Gasteiger partial charge in [0.2, 0.25) is 0 Å². The van der Waals surface area contributed by atoms with Crippen LogP contribution < -0.4 is 0 Å². The van der Waals surface area contributed by atoms with Crippen LogP contribution in [-0.2, 0) is 16.0 Å². The third kappa shape index (κ3) is 3.73. The summed E-state index contributed by atoms with van der Waals surface area (Å²) in [5.41, 5.74) is 0.0819. The number of halogens is 4. The molecule has 0 amide bonds. The zero-order valence-electron chi connectivity index (χ0n) is 15.2. The highest BCUT2D eigenvalue weighted by Crippen LogP contribution is 2.31. The Balaban J connectivity index is 1.59. The van der Waals surface area contributed by atoms with E-state index in [4.69, 9.17) is 9.47 Å². The van der Waals surface area contributed by atoms with Gasteiger partial charge in [-0.2, -0.15) is 13.2 Å². The molecule has 0 N–H and O–H groups in total. The average molecular weight is 400 g/mol. The second-order valence-corrected chi connectivity index (χ2v) is 7.46.